The maximum Gasteiger partial charge on any atom is 0.433 e. The summed E-state index contributed by atoms with van der Waals surface area (Å²) in [6.07, 6.45) is -0.282. The zero-order chi connectivity index (χ0) is 29.4. The van der Waals surface area contributed by atoms with E-state index in [-0.39, 0.29) is 21.7 Å². The fraction of sp³-hybridized carbons (Fsp3) is 0.607. The van der Waals surface area contributed by atoms with E-state index < -0.39 is 53.6 Å². The van der Waals surface area contributed by atoms with Gasteiger partial charge in [0.2, 0.25) is 0 Å². The van der Waals surface area contributed by atoms with Crippen molar-refractivity contribution in [3.05, 3.63) is 51.0 Å². The maximum absolute atomic E-state index is 14.5. The molecule has 40 heavy (non-hydrogen) atoms. The van der Waals surface area contributed by atoms with Gasteiger partial charge in [-0.3, -0.25) is 14.3 Å². The highest BCUT2D eigenvalue weighted by molar-refractivity contribution is 6.40. The lowest BCUT2D eigenvalue weighted by atomic mass is 9.87. The molecule has 0 N–H and O–H groups in total. The number of piperidine rings is 1. The van der Waals surface area contributed by atoms with E-state index in [1.165, 1.54) is 4.90 Å². The lowest BCUT2D eigenvalue weighted by molar-refractivity contribution is -0.145. The van der Waals surface area contributed by atoms with Crippen LogP contribution in [0.15, 0.2) is 18.3 Å². The first kappa shape index (κ1) is 30.8. The van der Waals surface area contributed by atoms with Crippen molar-refractivity contribution in [3.8, 4) is 0 Å². The Balaban J connectivity index is 1.70. The summed E-state index contributed by atoms with van der Waals surface area (Å²) in [4.78, 5) is 30.7. The van der Waals surface area contributed by atoms with Crippen molar-refractivity contribution in [1.82, 2.24) is 19.6 Å². The molecule has 220 valence electrons. The van der Waals surface area contributed by atoms with Crippen LogP contribution in [0.25, 0.3) is 0 Å². The lowest BCUT2D eigenvalue weighted by Gasteiger charge is -2.40. The van der Waals surface area contributed by atoms with E-state index in [2.05, 4.69) is 16.9 Å². The first-order valence-corrected chi connectivity index (χ1v) is 14.4. The molecule has 2 fully saturated rings. The van der Waals surface area contributed by atoms with Gasteiger partial charge in [0, 0.05) is 25.2 Å². The van der Waals surface area contributed by atoms with Crippen LogP contribution in [0, 0.1) is 11.7 Å². The smallest absolute Gasteiger partial charge is 0.328 e. The molecule has 0 spiro atoms. The number of alkyl halides is 3. The van der Waals surface area contributed by atoms with Crippen molar-refractivity contribution in [2.75, 3.05) is 19.6 Å². The van der Waals surface area contributed by atoms with Gasteiger partial charge in [0.25, 0.3) is 5.91 Å². The summed E-state index contributed by atoms with van der Waals surface area (Å²) < 4.78 is 58.1. The van der Waals surface area contributed by atoms with Crippen LogP contribution in [0.2, 0.25) is 10.0 Å². The molecule has 0 atom stereocenters. The van der Waals surface area contributed by atoms with Crippen LogP contribution in [0.5, 0.6) is 0 Å². The molecule has 1 saturated heterocycles. The van der Waals surface area contributed by atoms with Crippen LogP contribution in [-0.2, 0) is 6.18 Å². The van der Waals surface area contributed by atoms with E-state index in [4.69, 9.17) is 23.2 Å². The molecule has 12 heteroatoms. The minimum Gasteiger partial charge on any atom is -0.328 e. The number of aromatic nitrogens is 2. The number of amides is 1. The number of likely N-dealkylation sites (tertiary alicyclic amines) is 1. The Morgan fingerprint density at radius 3 is 2.15 bits per heavy atom. The number of hydrogen-bond donors (Lipinski definition) is 0. The number of nitrogens with zero attached hydrogens (tertiary/aromatic N) is 4. The lowest BCUT2D eigenvalue weighted by Crippen LogP contribution is -2.50. The molecule has 2 aromatic rings. The fourth-order valence-corrected chi connectivity index (χ4v) is 6.51. The summed E-state index contributed by atoms with van der Waals surface area (Å²) in [7, 11) is 0. The van der Waals surface area contributed by atoms with E-state index in [0.717, 1.165) is 35.9 Å². The van der Waals surface area contributed by atoms with Gasteiger partial charge < -0.3 is 9.80 Å². The molecule has 1 aliphatic carbocycles. The minimum atomic E-state index is -4.83. The molecule has 2 heterocycles. The third kappa shape index (κ3) is 6.65. The Labute approximate surface area is 241 Å². The monoisotopic (exact) mass is 604 g/mol. The highest BCUT2D eigenvalue weighted by Gasteiger charge is 2.44. The van der Waals surface area contributed by atoms with Crippen molar-refractivity contribution in [3.63, 3.8) is 0 Å². The van der Waals surface area contributed by atoms with Gasteiger partial charge in [-0.05, 0) is 70.4 Å². The maximum atomic E-state index is 14.5. The van der Waals surface area contributed by atoms with Crippen LogP contribution in [0.4, 0.5) is 17.6 Å². The third-order valence-corrected chi connectivity index (χ3v) is 8.75. The second-order valence-corrected chi connectivity index (χ2v) is 12.0. The topological polar surface area (TPSA) is 58.4 Å². The predicted octanol–water partition coefficient (Wildman–Crippen LogP) is 7.30. The molecule has 1 amide bonds. The van der Waals surface area contributed by atoms with Gasteiger partial charge in [-0.15, -0.1) is 0 Å². The molecular weight excluding hydrogens is 571 g/mol. The second-order valence-electron chi connectivity index (χ2n) is 11.2. The Bertz CT molecular complexity index is 1210. The van der Waals surface area contributed by atoms with E-state index in [1.807, 2.05) is 13.8 Å². The largest absolute Gasteiger partial charge is 0.433 e. The normalized spacial score (nSPS) is 21.1. The molecule has 0 unspecified atom stereocenters. The average molecular weight is 606 g/mol. The molecule has 4 rings (SSSR count). The molecule has 6 nitrogen and oxygen atoms in total. The van der Waals surface area contributed by atoms with Crippen LogP contribution in [0.3, 0.4) is 0 Å². The molecule has 1 saturated carbocycles. The Morgan fingerprint density at radius 1 is 1.05 bits per heavy atom. The molecular formula is C28H34Cl2F4N4O2. The number of hydrogen-bond acceptors (Lipinski definition) is 4. The third-order valence-electron chi connectivity index (χ3n) is 8.16. The SMILES string of the molecule is CC1CCC(n2ncc(C(=O)N(CC(=O)c3c(Cl)cc(F)cc3Cl)C3CCN(C(C)C)CC3)c2C(F)(F)F)CC1. The van der Waals surface area contributed by atoms with Crippen molar-refractivity contribution in [1.29, 1.82) is 0 Å². The molecule has 1 aliphatic heterocycles. The fourth-order valence-electron chi connectivity index (χ4n) is 5.84. The molecule has 0 radical (unpaired) electrons. The van der Waals surface area contributed by atoms with Crippen LogP contribution < -0.4 is 0 Å². The highest BCUT2D eigenvalue weighted by Crippen LogP contribution is 2.39. The zero-order valence-corrected chi connectivity index (χ0v) is 24.3. The summed E-state index contributed by atoms with van der Waals surface area (Å²) in [6, 6.07) is 1.17. The highest BCUT2D eigenvalue weighted by atomic mass is 35.5. The first-order valence-electron chi connectivity index (χ1n) is 13.6. The molecule has 0 bridgehead atoms. The van der Waals surface area contributed by atoms with Gasteiger partial charge in [-0.25, -0.2) is 4.39 Å². The summed E-state index contributed by atoms with van der Waals surface area (Å²) in [5.74, 6) is -1.92. The Hall–Kier alpha value is -2.17. The number of carbonyl (C=O) groups is 2. The Morgan fingerprint density at radius 2 is 1.62 bits per heavy atom. The van der Waals surface area contributed by atoms with Gasteiger partial charge in [-0.2, -0.15) is 18.3 Å². The van der Waals surface area contributed by atoms with Crippen molar-refractivity contribution < 1.29 is 27.2 Å². The van der Waals surface area contributed by atoms with E-state index in [9.17, 15) is 27.2 Å². The number of Topliss-reactive ketones (excluding diaryl/α,β-unsaturated/α-hetero) is 1. The van der Waals surface area contributed by atoms with Gasteiger partial charge in [0.05, 0.1) is 40.0 Å². The summed E-state index contributed by atoms with van der Waals surface area (Å²) in [6.45, 7) is 6.83. The number of benzene rings is 1. The number of rotatable bonds is 7. The van der Waals surface area contributed by atoms with Crippen molar-refractivity contribution in [2.24, 2.45) is 5.92 Å². The van der Waals surface area contributed by atoms with Crippen molar-refractivity contribution in [2.45, 2.75) is 83.6 Å². The van der Waals surface area contributed by atoms with Crippen LogP contribution >= 0.6 is 23.2 Å². The minimum absolute atomic E-state index is 0.176. The van der Waals surface area contributed by atoms with Gasteiger partial charge >= 0.3 is 6.18 Å². The number of halogens is 6. The molecule has 1 aromatic heterocycles. The quantitative estimate of drug-likeness (QED) is 0.246. The zero-order valence-electron chi connectivity index (χ0n) is 22.8. The van der Waals surface area contributed by atoms with E-state index in [0.29, 0.717) is 44.7 Å². The van der Waals surface area contributed by atoms with E-state index in [1.54, 1.807) is 0 Å². The second kappa shape index (κ2) is 12.4. The standard InChI is InChI=1S/C28H34Cl2F4N4O2/c1-16(2)36-10-8-19(9-11-36)37(15-24(39)25-22(29)12-18(31)13-23(25)30)27(40)21-14-35-38(26(21)28(32,33)34)20-6-4-17(3)5-7-20/h12-14,16-17,19-20H,4-11,15H2,1-3H3. The average Bonchev–Trinajstić information content (AvgIpc) is 3.33. The van der Waals surface area contributed by atoms with Gasteiger partial charge in [0.15, 0.2) is 11.5 Å². The number of carbonyl (C=O) groups excluding carboxylic acids is 2. The van der Waals surface area contributed by atoms with Crippen molar-refractivity contribution >= 4 is 34.9 Å². The summed E-state index contributed by atoms with van der Waals surface area (Å²) >= 11 is 12.2. The Kier molecular flexibility index (Phi) is 9.52. The predicted molar refractivity (Wildman–Crippen MR) is 145 cm³/mol. The van der Waals surface area contributed by atoms with E-state index >= 15 is 0 Å². The summed E-state index contributed by atoms with van der Waals surface area (Å²) in [5, 5.41) is 3.60. The van der Waals surface area contributed by atoms with Crippen LogP contribution in [0.1, 0.15) is 91.7 Å². The summed E-state index contributed by atoms with van der Waals surface area (Å²) in [5.41, 5.74) is -1.85. The molecule has 1 aromatic carbocycles. The number of ketones is 1. The van der Waals surface area contributed by atoms with Gasteiger partial charge in [0.1, 0.15) is 5.82 Å². The molecule has 2 aliphatic rings. The van der Waals surface area contributed by atoms with Crippen LogP contribution in [-0.4, -0.2) is 63.0 Å². The van der Waals surface area contributed by atoms with Gasteiger partial charge in [-0.1, -0.05) is 30.1 Å². The first-order chi connectivity index (χ1) is 18.8.